The summed E-state index contributed by atoms with van der Waals surface area (Å²) in [5.74, 6) is 0.926. The summed E-state index contributed by atoms with van der Waals surface area (Å²) in [6, 6.07) is 0.395. The highest BCUT2D eigenvalue weighted by molar-refractivity contribution is 7.10. The molecule has 0 saturated heterocycles. The highest BCUT2D eigenvalue weighted by Crippen LogP contribution is 2.40. The topological polar surface area (TPSA) is 29.1 Å². The maximum Gasteiger partial charge on any atom is 0.252 e. The highest BCUT2D eigenvalue weighted by Gasteiger charge is 2.32. The zero-order chi connectivity index (χ0) is 16.4. The SMILES string of the molecule is CC(C)(C)C1CCc2c(C(=O)NC3CCCCCC3)csc2C1. The lowest BCUT2D eigenvalue weighted by Gasteiger charge is -2.34. The Morgan fingerprint density at radius 1 is 1.13 bits per heavy atom. The molecule has 3 heteroatoms. The standard InChI is InChI=1S/C20H31NOS/c1-20(2,3)14-10-11-16-17(13-23-18(16)12-14)19(22)21-15-8-6-4-5-7-9-15/h13-15H,4-12H2,1-3H3,(H,21,22). The Labute approximate surface area is 145 Å². The maximum atomic E-state index is 12.7. The first-order valence-corrected chi connectivity index (χ1v) is 10.2. The van der Waals surface area contributed by atoms with Gasteiger partial charge in [0.1, 0.15) is 0 Å². The van der Waals surface area contributed by atoms with Gasteiger partial charge in [-0.1, -0.05) is 46.5 Å². The molecule has 0 radical (unpaired) electrons. The van der Waals surface area contributed by atoms with E-state index in [0.29, 0.717) is 11.5 Å². The van der Waals surface area contributed by atoms with Crippen molar-refractivity contribution in [2.75, 3.05) is 0 Å². The minimum absolute atomic E-state index is 0.184. The van der Waals surface area contributed by atoms with Crippen LogP contribution >= 0.6 is 11.3 Å². The van der Waals surface area contributed by atoms with Crippen LogP contribution in [0.1, 0.15) is 86.5 Å². The fourth-order valence-electron chi connectivity index (χ4n) is 4.13. The van der Waals surface area contributed by atoms with Gasteiger partial charge in [0.25, 0.3) is 5.91 Å². The first-order chi connectivity index (χ1) is 10.9. The summed E-state index contributed by atoms with van der Waals surface area (Å²) >= 11 is 1.81. The van der Waals surface area contributed by atoms with Crippen molar-refractivity contribution in [3.63, 3.8) is 0 Å². The van der Waals surface area contributed by atoms with Crippen molar-refractivity contribution in [3.05, 3.63) is 21.4 Å². The van der Waals surface area contributed by atoms with Crippen LogP contribution in [0.2, 0.25) is 0 Å². The summed E-state index contributed by atoms with van der Waals surface area (Å²) in [4.78, 5) is 14.2. The van der Waals surface area contributed by atoms with Crippen LogP contribution in [0.4, 0.5) is 0 Å². The van der Waals surface area contributed by atoms with Crippen LogP contribution in [0.15, 0.2) is 5.38 Å². The van der Waals surface area contributed by atoms with Crippen molar-refractivity contribution >= 4 is 17.2 Å². The Morgan fingerprint density at radius 2 is 1.83 bits per heavy atom. The van der Waals surface area contributed by atoms with Crippen molar-refractivity contribution in [1.82, 2.24) is 5.32 Å². The summed E-state index contributed by atoms with van der Waals surface area (Å²) in [6.45, 7) is 7.03. The van der Waals surface area contributed by atoms with E-state index in [-0.39, 0.29) is 5.91 Å². The molecule has 23 heavy (non-hydrogen) atoms. The lowest BCUT2D eigenvalue weighted by molar-refractivity contribution is 0.0932. The minimum atomic E-state index is 0.184. The molecule has 1 amide bonds. The van der Waals surface area contributed by atoms with E-state index in [4.69, 9.17) is 0 Å². The first-order valence-electron chi connectivity index (χ1n) is 9.35. The van der Waals surface area contributed by atoms with E-state index in [0.717, 1.165) is 37.2 Å². The third-order valence-electron chi connectivity index (χ3n) is 5.82. The van der Waals surface area contributed by atoms with E-state index in [1.54, 1.807) is 11.3 Å². The number of carbonyl (C=O) groups is 1. The predicted octanol–water partition coefficient (Wildman–Crippen LogP) is 5.35. The quantitative estimate of drug-likeness (QED) is 0.726. The van der Waals surface area contributed by atoms with Crippen LogP contribution in [0.5, 0.6) is 0 Å². The van der Waals surface area contributed by atoms with Crippen molar-refractivity contribution in [3.8, 4) is 0 Å². The lowest BCUT2D eigenvalue weighted by atomic mass is 9.72. The van der Waals surface area contributed by atoms with Gasteiger partial charge in [-0.3, -0.25) is 4.79 Å². The van der Waals surface area contributed by atoms with Crippen LogP contribution in [0.25, 0.3) is 0 Å². The van der Waals surface area contributed by atoms with Crippen molar-refractivity contribution < 1.29 is 4.79 Å². The van der Waals surface area contributed by atoms with E-state index in [9.17, 15) is 4.79 Å². The van der Waals surface area contributed by atoms with Gasteiger partial charge < -0.3 is 5.32 Å². The van der Waals surface area contributed by atoms with Gasteiger partial charge in [-0.05, 0) is 49.0 Å². The molecule has 1 aromatic heterocycles. The number of carbonyl (C=O) groups excluding carboxylic acids is 1. The van der Waals surface area contributed by atoms with Gasteiger partial charge in [-0.25, -0.2) is 0 Å². The molecule has 0 spiro atoms. The Bertz CT molecular complexity index is 546. The van der Waals surface area contributed by atoms with Gasteiger partial charge in [0.05, 0.1) is 5.56 Å². The largest absolute Gasteiger partial charge is 0.349 e. The van der Waals surface area contributed by atoms with Gasteiger partial charge in [-0.2, -0.15) is 0 Å². The molecule has 0 aromatic carbocycles. The summed E-state index contributed by atoms with van der Waals surface area (Å²) in [5.41, 5.74) is 2.69. The van der Waals surface area contributed by atoms with Crippen LogP contribution in [-0.2, 0) is 12.8 Å². The van der Waals surface area contributed by atoms with E-state index in [2.05, 4.69) is 31.5 Å². The normalized spacial score (nSPS) is 23.2. The van der Waals surface area contributed by atoms with Gasteiger partial charge in [0.15, 0.2) is 0 Å². The smallest absolute Gasteiger partial charge is 0.252 e. The molecule has 3 rings (SSSR count). The van der Waals surface area contributed by atoms with Crippen molar-refractivity contribution in [2.24, 2.45) is 11.3 Å². The number of fused-ring (bicyclic) bond motifs is 1. The molecule has 1 fully saturated rings. The Kier molecular flexibility index (Phi) is 5.15. The number of nitrogens with one attached hydrogen (secondary N) is 1. The number of hydrogen-bond donors (Lipinski definition) is 1. The Balaban J connectivity index is 1.68. The molecule has 1 aromatic rings. The molecule has 2 nitrogen and oxygen atoms in total. The minimum Gasteiger partial charge on any atom is -0.349 e. The van der Waals surface area contributed by atoms with Crippen LogP contribution in [-0.4, -0.2) is 11.9 Å². The monoisotopic (exact) mass is 333 g/mol. The average Bonchev–Trinajstić information content (AvgIpc) is 2.76. The number of thiophene rings is 1. The molecule has 128 valence electrons. The van der Waals surface area contributed by atoms with E-state index in [1.165, 1.54) is 42.5 Å². The second kappa shape index (κ2) is 6.96. The highest BCUT2D eigenvalue weighted by atomic mass is 32.1. The van der Waals surface area contributed by atoms with Gasteiger partial charge >= 0.3 is 0 Å². The summed E-state index contributed by atoms with van der Waals surface area (Å²) in [5, 5.41) is 5.43. The van der Waals surface area contributed by atoms with Crippen molar-refractivity contribution in [2.45, 2.75) is 84.6 Å². The fraction of sp³-hybridized carbons (Fsp3) is 0.750. The molecule has 1 heterocycles. The predicted molar refractivity (Wildman–Crippen MR) is 98.2 cm³/mol. The molecule has 1 saturated carbocycles. The van der Waals surface area contributed by atoms with Crippen LogP contribution < -0.4 is 5.32 Å². The zero-order valence-electron chi connectivity index (χ0n) is 14.9. The third kappa shape index (κ3) is 3.99. The Morgan fingerprint density at radius 3 is 2.48 bits per heavy atom. The fourth-order valence-corrected chi connectivity index (χ4v) is 5.29. The maximum absolute atomic E-state index is 12.7. The van der Waals surface area contributed by atoms with E-state index < -0.39 is 0 Å². The molecule has 2 aliphatic rings. The van der Waals surface area contributed by atoms with Gasteiger partial charge in [0.2, 0.25) is 0 Å². The second-order valence-corrected chi connectivity index (χ2v) is 9.48. The molecule has 1 atom stereocenters. The van der Waals surface area contributed by atoms with Crippen LogP contribution in [0, 0.1) is 11.3 Å². The third-order valence-corrected chi connectivity index (χ3v) is 6.87. The average molecular weight is 334 g/mol. The number of hydrogen-bond acceptors (Lipinski definition) is 2. The zero-order valence-corrected chi connectivity index (χ0v) is 15.7. The summed E-state index contributed by atoms with van der Waals surface area (Å²) in [7, 11) is 0. The van der Waals surface area contributed by atoms with Gasteiger partial charge in [0, 0.05) is 16.3 Å². The Hall–Kier alpha value is -0.830. The molecular weight excluding hydrogens is 302 g/mol. The molecular formula is C20H31NOS. The molecule has 1 unspecified atom stereocenters. The van der Waals surface area contributed by atoms with Crippen LogP contribution in [0.3, 0.4) is 0 Å². The second-order valence-electron chi connectivity index (χ2n) is 8.52. The molecule has 1 N–H and O–H groups in total. The summed E-state index contributed by atoms with van der Waals surface area (Å²) < 4.78 is 0. The number of amides is 1. The van der Waals surface area contributed by atoms with E-state index in [1.807, 2.05) is 0 Å². The summed E-state index contributed by atoms with van der Waals surface area (Å²) in [6.07, 6.45) is 10.9. The van der Waals surface area contributed by atoms with Crippen molar-refractivity contribution in [1.29, 1.82) is 0 Å². The van der Waals surface area contributed by atoms with Gasteiger partial charge in [-0.15, -0.1) is 11.3 Å². The molecule has 0 aliphatic heterocycles. The number of rotatable bonds is 2. The van der Waals surface area contributed by atoms with E-state index >= 15 is 0 Å². The molecule has 2 aliphatic carbocycles. The first kappa shape index (κ1) is 17.0. The lowest BCUT2D eigenvalue weighted by Crippen LogP contribution is -2.35. The molecule has 0 bridgehead atoms.